The number of allylic oxidation sites excluding steroid dienone is 1. The second-order valence-electron chi connectivity index (χ2n) is 5.18. The summed E-state index contributed by atoms with van der Waals surface area (Å²) in [6, 6.07) is 7.69. The summed E-state index contributed by atoms with van der Waals surface area (Å²) in [4.78, 5) is 13.4. The zero-order chi connectivity index (χ0) is 15.7. The molecule has 1 amide bonds. The molecule has 0 fully saturated rings. The normalized spacial score (nSPS) is 11.8. The van der Waals surface area contributed by atoms with Crippen molar-refractivity contribution in [3.8, 4) is 0 Å². The van der Waals surface area contributed by atoms with Crippen molar-refractivity contribution in [3.63, 3.8) is 0 Å². The van der Waals surface area contributed by atoms with Gasteiger partial charge in [0.2, 0.25) is 0 Å². The molecule has 1 aromatic carbocycles. The summed E-state index contributed by atoms with van der Waals surface area (Å²) in [5.74, 6) is 0.802. The van der Waals surface area contributed by atoms with E-state index < -0.39 is 0 Å². The predicted molar refractivity (Wildman–Crippen MR) is 89.8 cm³/mol. The van der Waals surface area contributed by atoms with Gasteiger partial charge in [-0.3, -0.25) is 4.79 Å². The molecule has 1 rings (SSSR count). The van der Waals surface area contributed by atoms with Crippen molar-refractivity contribution in [2.24, 2.45) is 0 Å². The Kier molecular flexibility index (Phi) is 8.16. The van der Waals surface area contributed by atoms with E-state index in [0.717, 1.165) is 17.1 Å². The molecule has 0 heterocycles. The summed E-state index contributed by atoms with van der Waals surface area (Å²) in [5.41, 5.74) is 1.99. The number of aliphatic hydroxyl groups excluding tert-OH is 1. The van der Waals surface area contributed by atoms with Crippen LogP contribution in [0.2, 0.25) is 0 Å². The monoisotopic (exact) mass is 307 g/mol. The molecule has 116 valence electrons. The van der Waals surface area contributed by atoms with Crippen LogP contribution in [0.5, 0.6) is 0 Å². The van der Waals surface area contributed by atoms with Crippen LogP contribution in [0.4, 0.5) is 0 Å². The highest BCUT2D eigenvalue weighted by atomic mass is 32.2. The largest absolute Gasteiger partial charge is 0.396 e. The molecule has 0 saturated heterocycles. The Labute approximate surface area is 131 Å². The molecule has 1 aromatic rings. The van der Waals surface area contributed by atoms with E-state index in [-0.39, 0.29) is 18.6 Å². The molecule has 1 unspecified atom stereocenters. The number of rotatable bonds is 8. The van der Waals surface area contributed by atoms with Gasteiger partial charge in [-0.1, -0.05) is 30.7 Å². The van der Waals surface area contributed by atoms with Gasteiger partial charge in [-0.25, -0.2) is 0 Å². The van der Waals surface area contributed by atoms with E-state index >= 15 is 0 Å². The lowest BCUT2D eigenvalue weighted by Gasteiger charge is -2.17. The molecule has 4 heteroatoms. The van der Waals surface area contributed by atoms with Crippen molar-refractivity contribution < 1.29 is 9.90 Å². The number of carbonyl (C=O) groups is 1. The van der Waals surface area contributed by atoms with Gasteiger partial charge in [-0.15, -0.1) is 11.8 Å². The van der Waals surface area contributed by atoms with Crippen LogP contribution < -0.4 is 5.32 Å². The lowest BCUT2D eigenvalue weighted by molar-refractivity contribution is 0.0926. The van der Waals surface area contributed by atoms with Crippen molar-refractivity contribution in [1.29, 1.82) is 0 Å². The second kappa shape index (κ2) is 9.64. The maximum atomic E-state index is 12.4. The first-order valence-electron chi connectivity index (χ1n) is 7.35. The van der Waals surface area contributed by atoms with Crippen molar-refractivity contribution in [2.45, 2.75) is 44.6 Å². The lowest BCUT2D eigenvalue weighted by atomic mass is 10.1. The zero-order valence-electron chi connectivity index (χ0n) is 13.1. The first-order chi connectivity index (χ1) is 10.1. The van der Waals surface area contributed by atoms with Crippen LogP contribution >= 0.6 is 11.8 Å². The summed E-state index contributed by atoms with van der Waals surface area (Å²) < 4.78 is 0. The SMILES string of the molecule is CCC(CCO)NC(=O)c1ccccc1SCC=C(C)C. The van der Waals surface area contributed by atoms with Gasteiger partial charge in [0.15, 0.2) is 0 Å². The molecule has 0 spiro atoms. The van der Waals surface area contributed by atoms with E-state index in [0.29, 0.717) is 12.0 Å². The molecule has 3 nitrogen and oxygen atoms in total. The third-order valence-corrected chi connectivity index (χ3v) is 4.17. The van der Waals surface area contributed by atoms with Crippen molar-refractivity contribution >= 4 is 17.7 Å². The molecular formula is C17H25NO2S. The number of carbonyl (C=O) groups excluding carboxylic acids is 1. The first kappa shape index (κ1) is 17.8. The van der Waals surface area contributed by atoms with Gasteiger partial charge >= 0.3 is 0 Å². The highest BCUT2D eigenvalue weighted by Gasteiger charge is 2.14. The van der Waals surface area contributed by atoms with E-state index in [1.165, 1.54) is 5.57 Å². The van der Waals surface area contributed by atoms with Gasteiger partial charge in [-0.2, -0.15) is 0 Å². The molecule has 0 aliphatic carbocycles. The molecule has 2 N–H and O–H groups in total. The van der Waals surface area contributed by atoms with Crippen molar-refractivity contribution in [1.82, 2.24) is 5.32 Å². The van der Waals surface area contributed by atoms with Gasteiger partial charge in [0.1, 0.15) is 0 Å². The predicted octanol–water partition coefficient (Wildman–Crippen LogP) is 3.64. The molecule has 0 radical (unpaired) electrons. The van der Waals surface area contributed by atoms with E-state index in [2.05, 4.69) is 25.2 Å². The van der Waals surface area contributed by atoms with E-state index in [9.17, 15) is 4.79 Å². The summed E-state index contributed by atoms with van der Waals surface area (Å²) in [5, 5.41) is 12.0. The fraction of sp³-hybridized carbons (Fsp3) is 0.471. The summed E-state index contributed by atoms with van der Waals surface area (Å²) in [6.07, 6.45) is 3.56. The smallest absolute Gasteiger partial charge is 0.252 e. The minimum Gasteiger partial charge on any atom is -0.396 e. The summed E-state index contributed by atoms with van der Waals surface area (Å²) in [6.45, 7) is 6.24. The van der Waals surface area contributed by atoms with Crippen LogP contribution in [0.3, 0.4) is 0 Å². The summed E-state index contributed by atoms with van der Waals surface area (Å²) in [7, 11) is 0. The Hall–Kier alpha value is -1.26. The third kappa shape index (κ3) is 6.36. The molecule has 1 atom stereocenters. The quantitative estimate of drug-likeness (QED) is 0.569. The van der Waals surface area contributed by atoms with Crippen LogP contribution in [0.25, 0.3) is 0 Å². The van der Waals surface area contributed by atoms with Crippen LogP contribution in [0, 0.1) is 0 Å². The topological polar surface area (TPSA) is 49.3 Å². The molecule has 0 aliphatic heterocycles. The van der Waals surface area contributed by atoms with Gasteiger partial charge in [0.05, 0.1) is 5.56 Å². The van der Waals surface area contributed by atoms with Crippen molar-refractivity contribution in [2.75, 3.05) is 12.4 Å². The minimum atomic E-state index is -0.0596. The maximum Gasteiger partial charge on any atom is 0.252 e. The van der Waals surface area contributed by atoms with E-state index in [1.54, 1.807) is 11.8 Å². The van der Waals surface area contributed by atoms with Crippen molar-refractivity contribution in [3.05, 3.63) is 41.5 Å². The number of benzene rings is 1. The molecule has 0 saturated carbocycles. The third-order valence-electron chi connectivity index (χ3n) is 3.17. The Morgan fingerprint density at radius 1 is 1.38 bits per heavy atom. The van der Waals surface area contributed by atoms with Gasteiger partial charge in [0, 0.05) is 23.3 Å². The fourth-order valence-corrected chi connectivity index (χ4v) is 2.96. The van der Waals surface area contributed by atoms with E-state index in [1.807, 2.05) is 31.2 Å². The molecule has 0 aromatic heterocycles. The van der Waals surface area contributed by atoms with E-state index in [4.69, 9.17) is 5.11 Å². The highest BCUT2D eigenvalue weighted by molar-refractivity contribution is 7.99. The van der Waals surface area contributed by atoms with Gasteiger partial charge in [0.25, 0.3) is 5.91 Å². The molecule has 0 bridgehead atoms. The maximum absolute atomic E-state index is 12.4. The number of thioether (sulfide) groups is 1. The van der Waals surface area contributed by atoms with Crippen LogP contribution in [-0.2, 0) is 0 Å². The number of nitrogens with one attached hydrogen (secondary N) is 1. The zero-order valence-corrected chi connectivity index (χ0v) is 13.9. The van der Waals surface area contributed by atoms with Gasteiger partial charge < -0.3 is 10.4 Å². The molecule has 21 heavy (non-hydrogen) atoms. The molecule has 0 aliphatic rings. The van der Waals surface area contributed by atoms with Gasteiger partial charge in [-0.05, 0) is 38.8 Å². The minimum absolute atomic E-state index is 0.0262. The molecular weight excluding hydrogens is 282 g/mol. The lowest BCUT2D eigenvalue weighted by Crippen LogP contribution is -2.35. The summed E-state index contributed by atoms with van der Waals surface area (Å²) >= 11 is 1.67. The average molecular weight is 307 g/mol. The fourth-order valence-electron chi connectivity index (χ4n) is 1.88. The Morgan fingerprint density at radius 3 is 2.71 bits per heavy atom. The average Bonchev–Trinajstić information content (AvgIpc) is 2.46. The first-order valence-corrected chi connectivity index (χ1v) is 8.34. The standard InChI is InChI=1S/C17H25NO2S/c1-4-14(9-11-19)18-17(20)15-7-5-6-8-16(15)21-12-10-13(2)3/h5-8,10,14,19H,4,9,11-12H2,1-3H3,(H,18,20). The number of hydrogen-bond acceptors (Lipinski definition) is 3. The Bertz CT molecular complexity index is 481. The van der Waals surface area contributed by atoms with Crippen LogP contribution in [0.1, 0.15) is 44.0 Å². The highest BCUT2D eigenvalue weighted by Crippen LogP contribution is 2.23. The number of amides is 1. The van der Waals surface area contributed by atoms with Crippen LogP contribution in [-0.4, -0.2) is 29.4 Å². The Balaban J connectivity index is 2.77. The number of hydrogen-bond donors (Lipinski definition) is 2. The number of aliphatic hydroxyl groups is 1. The van der Waals surface area contributed by atoms with Crippen LogP contribution in [0.15, 0.2) is 40.8 Å². The second-order valence-corrected chi connectivity index (χ2v) is 6.24. The Morgan fingerprint density at radius 2 is 2.10 bits per heavy atom.